The highest BCUT2D eigenvalue weighted by Gasteiger charge is 2.56. The van der Waals surface area contributed by atoms with Crippen molar-refractivity contribution in [2.24, 2.45) is 11.1 Å². The zero-order chi connectivity index (χ0) is 16.3. The Hall–Kier alpha value is -1.44. The van der Waals surface area contributed by atoms with Gasteiger partial charge < -0.3 is 20.5 Å². The molecule has 0 bridgehead atoms. The number of aliphatic hydroxyl groups is 1. The SMILES string of the molecule is NCCO[C@@H]1C[C@H](O)C12CCN(C(=O)CCc1cn[nH]c1)CC2. The summed E-state index contributed by atoms with van der Waals surface area (Å²) in [6.07, 6.45) is 6.86. The maximum absolute atomic E-state index is 12.3. The van der Waals surface area contributed by atoms with E-state index in [4.69, 9.17) is 10.5 Å². The summed E-state index contributed by atoms with van der Waals surface area (Å²) in [7, 11) is 0. The van der Waals surface area contributed by atoms with Gasteiger partial charge in [0.1, 0.15) is 0 Å². The van der Waals surface area contributed by atoms with Crippen LogP contribution >= 0.6 is 0 Å². The molecular formula is C16H26N4O3. The van der Waals surface area contributed by atoms with E-state index in [0.717, 1.165) is 18.4 Å². The predicted molar refractivity (Wildman–Crippen MR) is 84.6 cm³/mol. The molecule has 7 nitrogen and oxygen atoms in total. The van der Waals surface area contributed by atoms with Gasteiger partial charge in [0, 0.05) is 44.1 Å². The van der Waals surface area contributed by atoms with E-state index in [1.54, 1.807) is 6.20 Å². The van der Waals surface area contributed by atoms with E-state index in [1.807, 2.05) is 11.1 Å². The van der Waals surface area contributed by atoms with Gasteiger partial charge in [-0.2, -0.15) is 5.10 Å². The zero-order valence-electron chi connectivity index (χ0n) is 13.4. The highest BCUT2D eigenvalue weighted by atomic mass is 16.5. The molecule has 2 fully saturated rings. The second-order valence-electron chi connectivity index (χ2n) is 6.62. The van der Waals surface area contributed by atoms with E-state index in [9.17, 15) is 9.90 Å². The summed E-state index contributed by atoms with van der Waals surface area (Å²) in [4.78, 5) is 14.2. The van der Waals surface area contributed by atoms with Crippen LogP contribution in [0.3, 0.4) is 0 Å². The standard InChI is InChI=1S/C16H26N4O3/c17-5-8-23-14-9-13(21)16(14)3-6-20(7-4-16)15(22)2-1-12-10-18-19-11-12/h10-11,13-14,21H,1-9,17H2,(H,18,19)/t13-,14+/m0/s1. The van der Waals surface area contributed by atoms with Crippen LogP contribution in [0.5, 0.6) is 0 Å². The summed E-state index contributed by atoms with van der Waals surface area (Å²) in [5, 5.41) is 16.9. The number of hydrogen-bond acceptors (Lipinski definition) is 5. The first-order chi connectivity index (χ1) is 11.2. The lowest BCUT2D eigenvalue weighted by molar-refractivity contribution is -0.210. The average Bonchev–Trinajstić information content (AvgIpc) is 3.10. The fraction of sp³-hybridized carbons (Fsp3) is 0.750. The van der Waals surface area contributed by atoms with Crippen LogP contribution in [0.15, 0.2) is 12.4 Å². The molecule has 0 unspecified atom stereocenters. The second-order valence-corrected chi connectivity index (χ2v) is 6.62. The van der Waals surface area contributed by atoms with Gasteiger partial charge in [-0.1, -0.05) is 0 Å². The number of aromatic nitrogens is 2. The number of amides is 1. The van der Waals surface area contributed by atoms with Gasteiger partial charge in [0.05, 0.1) is 25.0 Å². The number of aromatic amines is 1. The molecule has 3 rings (SSSR count). The number of nitrogens with one attached hydrogen (secondary N) is 1. The molecule has 4 N–H and O–H groups in total. The van der Waals surface area contributed by atoms with Gasteiger partial charge in [-0.3, -0.25) is 9.89 Å². The van der Waals surface area contributed by atoms with Crippen LogP contribution in [0.1, 0.15) is 31.2 Å². The summed E-state index contributed by atoms with van der Waals surface area (Å²) in [5.41, 5.74) is 6.38. The molecular weight excluding hydrogens is 296 g/mol. The van der Waals surface area contributed by atoms with Crippen molar-refractivity contribution in [2.45, 2.75) is 44.3 Å². The number of carbonyl (C=O) groups excluding carboxylic acids is 1. The summed E-state index contributed by atoms with van der Waals surface area (Å²) in [5.74, 6) is 0.175. The minimum atomic E-state index is -0.312. The Balaban J connectivity index is 1.48. The minimum Gasteiger partial charge on any atom is -0.392 e. The van der Waals surface area contributed by atoms with Crippen LogP contribution in [-0.2, 0) is 16.0 Å². The average molecular weight is 322 g/mol. The van der Waals surface area contributed by atoms with E-state index in [1.165, 1.54) is 0 Å². The molecule has 2 atom stereocenters. The summed E-state index contributed by atoms with van der Waals surface area (Å²) in [6.45, 7) is 2.43. The third-order valence-electron chi connectivity index (χ3n) is 5.41. The first-order valence-electron chi connectivity index (χ1n) is 8.41. The van der Waals surface area contributed by atoms with E-state index in [-0.39, 0.29) is 23.5 Å². The molecule has 2 aliphatic rings. The van der Waals surface area contributed by atoms with E-state index in [2.05, 4.69) is 10.2 Å². The van der Waals surface area contributed by atoms with Crippen molar-refractivity contribution >= 4 is 5.91 Å². The number of nitrogens with zero attached hydrogens (tertiary/aromatic N) is 2. The number of H-pyrrole nitrogens is 1. The summed E-state index contributed by atoms with van der Waals surface area (Å²) in [6, 6.07) is 0. The van der Waals surface area contributed by atoms with Gasteiger partial charge in [-0.15, -0.1) is 0 Å². The fourth-order valence-corrected chi connectivity index (χ4v) is 3.82. The smallest absolute Gasteiger partial charge is 0.222 e. The molecule has 1 saturated heterocycles. The molecule has 0 aromatic carbocycles. The highest BCUT2D eigenvalue weighted by molar-refractivity contribution is 5.76. The molecule has 7 heteroatoms. The minimum absolute atomic E-state index is 0.0873. The summed E-state index contributed by atoms with van der Waals surface area (Å²) >= 11 is 0. The van der Waals surface area contributed by atoms with Crippen LogP contribution in [0, 0.1) is 5.41 Å². The van der Waals surface area contributed by atoms with Crippen molar-refractivity contribution in [1.29, 1.82) is 0 Å². The molecule has 128 valence electrons. The highest BCUT2D eigenvalue weighted by Crippen LogP contribution is 2.50. The summed E-state index contributed by atoms with van der Waals surface area (Å²) < 4.78 is 5.78. The monoisotopic (exact) mass is 322 g/mol. The van der Waals surface area contributed by atoms with E-state index < -0.39 is 0 Å². The Bertz CT molecular complexity index is 511. The van der Waals surface area contributed by atoms with E-state index in [0.29, 0.717) is 45.5 Å². The number of likely N-dealkylation sites (tertiary alicyclic amines) is 1. The van der Waals surface area contributed by atoms with Crippen molar-refractivity contribution in [2.75, 3.05) is 26.2 Å². The number of piperidine rings is 1. The van der Waals surface area contributed by atoms with Crippen molar-refractivity contribution in [3.63, 3.8) is 0 Å². The van der Waals surface area contributed by atoms with Crippen molar-refractivity contribution in [3.05, 3.63) is 18.0 Å². The lowest BCUT2D eigenvalue weighted by Crippen LogP contribution is -2.62. The van der Waals surface area contributed by atoms with Gasteiger partial charge in [0.25, 0.3) is 0 Å². The molecule has 1 saturated carbocycles. The maximum atomic E-state index is 12.3. The molecule has 1 aromatic rings. The van der Waals surface area contributed by atoms with Crippen LogP contribution in [0.25, 0.3) is 0 Å². The Labute approximate surface area is 136 Å². The van der Waals surface area contributed by atoms with Gasteiger partial charge in [0.15, 0.2) is 0 Å². The fourth-order valence-electron chi connectivity index (χ4n) is 3.82. The number of nitrogens with two attached hydrogens (primary N) is 1. The predicted octanol–water partition coefficient (Wildman–Crippen LogP) is 0.0596. The largest absolute Gasteiger partial charge is 0.392 e. The first kappa shape index (κ1) is 16.4. The normalized spacial score (nSPS) is 26.3. The molecule has 1 aromatic heterocycles. The third kappa shape index (κ3) is 3.27. The Morgan fingerprint density at radius 1 is 1.52 bits per heavy atom. The van der Waals surface area contributed by atoms with Crippen LogP contribution < -0.4 is 5.73 Å². The molecule has 1 aliphatic carbocycles. The Morgan fingerprint density at radius 2 is 2.30 bits per heavy atom. The van der Waals surface area contributed by atoms with Gasteiger partial charge in [-0.25, -0.2) is 0 Å². The quantitative estimate of drug-likeness (QED) is 0.687. The number of ether oxygens (including phenoxy) is 1. The topological polar surface area (TPSA) is 104 Å². The van der Waals surface area contributed by atoms with Crippen LogP contribution in [-0.4, -0.2) is 64.6 Å². The van der Waals surface area contributed by atoms with Gasteiger partial charge in [-0.05, 0) is 24.8 Å². The number of hydrogen-bond donors (Lipinski definition) is 3. The molecule has 1 spiro atoms. The molecule has 23 heavy (non-hydrogen) atoms. The van der Waals surface area contributed by atoms with Crippen LogP contribution in [0.4, 0.5) is 0 Å². The zero-order valence-corrected chi connectivity index (χ0v) is 13.4. The number of rotatable bonds is 6. The number of aliphatic hydroxyl groups excluding tert-OH is 1. The van der Waals surface area contributed by atoms with Crippen molar-refractivity contribution < 1.29 is 14.6 Å². The maximum Gasteiger partial charge on any atom is 0.222 e. The molecule has 1 amide bonds. The van der Waals surface area contributed by atoms with Crippen molar-refractivity contribution in [1.82, 2.24) is 15.1 Å². The Kier molecular flexibility index (Phi) is 4.99. The lowest BCUT2D eigenvalue weighted by atomic mass is 9.58. The molecule has 0 radical (unpaired) electrons. The Morgan fingerprint density at radius 3 is 2.91 bits per heavy atom. The molecule has 2 heterocycles. The molecule has 1 aliphatic heterocycles. The number of carbonyl (C=O) groups is 1. The van der Waals surface area contributed by atoms with Gasteiger partial charge >= 0.3 is 0 Å². The van der Waals surface area contributed by atoms with Crippen LogP contribution in [0.2, 0.25) is 0 Å². The van der Waals surface area contributed by atoms with E-state index >= 15 is 0 Å². The van der Waals surface area contributed by atoms with Gasteiger partial charge in [0.2, 0.25) is 5.91 Å². The van der Waals surface area contributed by atoms with Crippen molar-refractivity contribution in [3.8, 4) is 0 Å². The second kappa shape index (κ2) is 6.98. The third-order valence-corrected chi connectivity index (χ3v) is 5.41. The first-order valence-corrected chi connectivity index (χ1v) is 8.41. The lowest BCUT2D eigenvalue weighted by Gasteiger charge is -2.56. The number of aryl methyl sites for hydroxylation is 1.